The molecule has 1 aliphatic rings. The molecule has 3 rings (SSSR count). The van der Waals surface area contributed by atoms with Gasteiger partial charge in [-0.15, -0.1) is 0 Å². The average molecular weight is 535 g/mol. The number of rotatable bonds is 10. The van der Waals surface area contributed by atoms with E-state index >= 15 is 0 Å². The zero-order chi connectivity index (χ0) is 27.4. The SMILES string of the molecule is CC(C)OC(=O)[C@@H](C)N[P@](=O)(OC[C@H]1O[C@@H](n2ccc(N)nc2=O)[C@](C)(C#N)[C@@H]1O)Oc1ccccc1. The number of para-hydroxylation sites is 1. The summed E-state index contributed by atoms with van der Waals surface area (Å²) >= 11 is 0. The van der Waals surface area contributed by atoms with Crippen LogP contribution in [0.5, 0.6) is 5.75 Å². The van der Waals surface area contributed by atoms with Crippen molar-refractivity contribution in [2.45, 2.75) is 58.3 Å². The summed E-state index contributed by atoms with van der Waals surface area (Å²) in [5.41, 5.74) is 3.17. The normalized spacial score (nSPS) is 25.7. The highest BCUT2D eigenvalue weighted by molar-refractivity contribution is 7.52. The Morgan fingerprint density at radius 1 is 1.35 bits per heavy atom. The van der Waals surface area contributed by atoms with E-state index in [9.17, 15) is 24.5 Å². The maximum atomic E-state index is 13.7. The van der Waals surface area contributed by atoms with Gasteiger partial charge in [-0.2, -0.15) is 15.3 Å². The lowest BCUT2D eigenvalue weighted by atomic mass is 9.84. The number of anilines is 1. The molecule has 0 unspecified atom stereocenters. The van der Waals surface area contributed by atoms with Crippen molar-refractivity contribution in [1.82, 2.24) is 14.6 Å². The van der Waals surface area contributed by atoms with Crippen molar-refractivity contribution in [1.29, 1.82) is 5.26 Å². The molecular formula is C23H30N5O8P. The lowest BCUT2D eigenvalue weighted by Gasteiger charge is -2.26. The molecule has 2 aromatic rings. The second-order valence-electron chi connectivity index (χ2n) is 8.94. The molecule has 200 valence electrons. The summed E-state index contributed by atoms with van der Waals surface area (Å²) < 4.78 is 36.8. The Hall–Kier alpha value is -3.27. The van der Waals surface area contributed by atoms with Crippen molar-refractivity contribution < 1.29 is 33.0 Å². The molecule has 13 nitrogen and oxygen atoms in total. The van der Waals surface area contributed by atoms with Crippen LogP contribution in [0.2, 0.25) is 0 Å². The van der Waals surface area contributed by atoms with Gasteiger partial charge in [0.25, 0.3) is 0 Å². The van der Waals surface area contributed by atoms with Crippen LogP contribution in [0.4, 0.5) is 5.82 Å². The van der Waals surface area contributed by atoms with Crippen LogP contribution in [0.3, 0.4) is 0 Å². The molecule has 14 heteroatoms. The number of carbonyl (C=O) groups is 1. The number of esters is 1. The number of aromatic nitrogens is 2. The lowest BCUT2D eigenvalue weighted by molar-refractivity contribution is -0.149. The molecule has 6 atom stereocenters. The van der Waals surface area contributed by atoms with E-state index in [0.29, 0.717) is 0 Å². The Labute approximate surface area is 213 Å². The van der Waals surface area contributed by atoms with E-state index in [2.05, 4.69) is 10.1 Å². The van der Waals surface area contributed by atoms with Crippen LogP contribution >= 0.6 is 7.75 Å². The fourth-order valence-corrected chi connectivity index (χ4v) is 5.13. The Bertz CT molecular complexity index is 1250. The first-order valence-corrected chi connectivity index (χ1v) is 13.0. The van der Waals surface area contributed by atoms with Gasteiger partial charge in [0.2, 0.25) is 0 Å². The summed E-state index contributed by atoms with van der Waals surface area (Å²) in [7, 11) is -4.25. The molecule has 1 fully saturated rings. The van der Waals surface area contributed by atoms with E-state index in [1.807, 2.05) is 6.07 Å². The molecule has 0 saturated carbocycles. The fourth-order valence-electron chi connectivity index (χ4n) is 3.63. The number of nitrogen functional groups attached to an aromatic ring is 1. The van der Waals surface area contributed by atoms with Crippen LogP contribution in [-0.4, -0.2) is 51.6 Å². The smallest absolute Gasteiger partial charge is 0.459 e. The number of aliphatic hydroxyl groups is 1. The maximum absolute atomic E-state index is 13.7. The van der Waals surface area contributed by atoms with Crippen molar-refractivity contribution in [2.75, 3.05) is 12.3 Å². The predicted molar refractivity (Wildman–Crippen MR) is 131 cm³/mol. The van der Waals surface area contributed by atoms with E-state index in [1.165, 1.54) is 26.1 Å². The third-order valence-electron chi connectivity index (χ3n) is 5.56. The number of hydrogen-bond acceptors (Lipinski definition) is 11. The molecule has 0 spiro atoms. The number of carbonyl (C=O) groups excluding carboxylic acids is 1. The van der Waals surface area contributed by atoms with Crippen molar-refractivity contribution in [3.05, 3.63) is 53.1 Å². The Morgan fingerprint density at radius 2 is 2.03 bits per heavy atom. The van der Waals surface area contributed by atoms with Crippen molar-refractivity contribution in [2.24, 2.45) is 5.41 Å². The van der Waals surface area contributed by atoms with E-state index < -0.39 is 62.0 Å². The summed E-state index contributed by atoms with van der Waals surface area (Å²) in [5, 5.41) is 23.3. The number of nitrogens with one attached hydrogen (secondary N) is 1. The largest absolute Gasteiger partial charge is 0.462 e. The minimum absolute atomic E-state index is 0.0199. The number of ether oxygens (including phenoxy) is 2. The fraction of sp³-hybridized carbons (Fsp3) is 0.478. The molecule has 0 bridgehead atoms. The van der Waals surface area contributed by atoms with Crippen LogP contribution in [-0.2, 0) is 23.4 Å². The van der Waals surface area contributed by atoms with Gasteiger partial charge < -0.3 is 24.8 Å². The van der Waals surface area contributed by atoms with Crippen molar-refractivity contribution >= 4 is 19.5 Å². The summed E-state index contributed by atoms with van der Waals surface area (Å²) in [5.74, 6) is -0.511. The van der Waals surface area contributed by atoms with Gasteiger partial charge in [-0.3, -0.25) is 13.9 Å². The maximum Gasteiger partial charge on any atom is 0.459 e. The van der Waals surface area contributed by atoms with Gasteiger partial charge >= 0.3 is 19.4 Å². The number of nitriles is 1. The first kappa shape index (κ1) is 28.3. The van der Waals surface area contributed by atoms with Crippen LogP contribution in [0, 0.1) is 16.7 Å². The zero-order valence-electron chi connectivity index (χ0n) is 20.8. The van der Waals surface area contributed by atoms with E-state index in [1.54, 1.807) is 44.2 Å². The molecule has 1 aromatic carbocycles. The van der Waals surface area contributed by atoms with Crippen LogP contribution < -0.4 is 21.0 Å². The molecule has 0 aliphatic carbocycles. The van der Waals surface area contributed by atoms with E-state index in [4.69, 9.17) is 24.3 Å². The van der Waals surface area contributed by atoms with Gasteiger partial charge in [0, 0.05) is 6.20 Å². The quantitative estimate of drug-likeness (QED) is 0.296. The Balaban J connectivity index is 1.83. The number of benzene rings is 1. The van der Waals surface area contributed by atoms with Crippen molar-refractivity contribution in [3.63, 3.8) is 0 Å². The minimum Gasteiger partial charge on any atom is -0.462 e. The third-order valence-corrected chi connectivity index (χ3v) is 7.21. The molecule has 0 amide bonds. The summed E-state index contributed by atoms with van der Waals surface area (Å²) in [6, 6.07) is 10.4. The predicted octanol–water partition coefficient (Wildman–Crippen LogP) is 1.75. The van der Waals surface area contributed by atoms with Gasteiger partial charge in [0.15, 0.2) is 6.23 Å². The van der Waals surface area contributed by atoms with Crippen molar-refractivity contribution in [3.8, 4) is 11.8 Å². The molecule has 37 heavy (non-hydrogen) atoms. The Morgan fingerprint density at radius 3 is 2.62 bits per heavy atom. The highest BCUT2D eigenvalue weighted by Crippen LogP contribution is 2.48. The topological polar surface area (TPSA) is 188 Å². The second kappa shape index (κ2) is 11.4. The molecule has 2 heterocycles. The van der Waals surface area contributed by atoms with E-state index in [0.717, 1.165) is 4.57 Å². The standard InChI is InChI=1S/C23H30N5O8P/c1-14(2)34-20(30)15(3)27-37(32,36-16-8-6-5-7-9-16)33-12-17-19(29)23(4,13-24)21(35-17)28-11-10-18(25)26-22(28)31/h5-11,14-15,17,19,21,29H,12H2,1-4H3,(H,27,32)(H2,25,26,31)/t15-,17-,19-,21-,23-,37+/m1/s1. The summed E-state index contributed by atoms with van der Waals surface area (Å²) in [6.45, 7) is 5.66. The van der Waals surface area contributed by atoms with Crippen LogP contribution in [0.15, 0.2) is 47.4 Å². The number of hydrogen-bond donors (Lipinski definition) is 3. The zero-order valence-corrected chi connectivity index (χ0v) is 21.7. The number of nitrogens with zero attached hydrogens (tertiary/aromatic N) is 3. The minimum atomic E-state index is -4.25. The molecule has 0 radical (unpaired) electrons. The van der Waals surface area contributed by atoms with Gasteiger partial charge in [-0.05, 0) is 45.9 Å². The molecule has 1 aromatic heterocycles. The highest BCUT2D eigenvalue weighted by atomic mass is 31.2. The van der Waals surface area contributed by atoms with Gasteiger partial charge in [0.05, 0.1) is 18.8 Å². The first-order valence-electron chi connectivity index (χ1n) is 11.5. The van der Waals surface area contributed by atoms with E-state index in [-0.39, 0.29) is 11.6 Å². The second-order valence-corrected chi connectivity index (χ2v) is 10.6. The number of nitrogens with two attached hydrogens (primary N) is 1. The Kier molecular flexibility index (Phi) is 8.73. The number of aliphatic hydroxyl groups excluding tert-OH is 1. The summed E-state index contributed by atoms with van der Waals surface area (Å²) in [4.78, 5) is 28.3. The third kappa shape index (κ3) is 6.54. The van der Waals surface area contributed by atoms with Crippen LogP contribution in [0.1, 0.15) is 33.9 Å². The van der Waals surface area contributed by atoms with Gasteiger partial charge in [-0.25, -0.2) is 9.36 Å². The molecule has 1 aliphatic heterocycles. The first-order chi connectivity index (χ1) is 17.4. The molecule has 1 saturated heterocycles. The summed E-state index contributed by atoms with van der Waals surface area (Å²) in [6.07, 6.45) is -3.01. The van der Waals surface area contributed by atoms with Gasteiger partial charge in [-0.1, -0.05) is 18.2 Å². The monoisotopic (exact) mass is 535 g/mol. The molecular weight excluding hydrogens is 505 g/mol. The van der Waals surface area contributed by atoms with Crippen LogP contribution in [0.25, 0.3) is 0 Å². The highest BCUT2D eigenvalue weighted by Gasteiger charge is 2.55. The van der Waals surface area contributed by atoms with Gasteiger partial charge in [0.1, 0.15) is 35.2 Å². The average Bonchev–Trinajstić information content (AvgIpc) is 3.08. The lowest BCUT2D eigenvalue weighted by Crippen LogP contribution is -2.40. The molecule has 4 N–H and O–H groups in total.